The lowest BCUT2D eigenvalue weighted by Crippen LogP contribution is -2.45. The van der Waals surface area contributed by atoms with Crippen molar-refractivity contribution >= 4 is 5.91 Å². The summed E-state index contributed by atoms with van der Waals surface area (Å²) in [6, 6.07) is -0.654. The van der Waals surface area contributed by atoms with Crippen LogP contribution in [0.4, 0.5) is 0 Å². The molecule has 0 fully saturated rings. The van der Waals surface area contributed by atoms with E-state index in [2.05, 4.69) is 67.8 Å². The topological polar surface area (TPSA) is 69.6 Å². The summed E-state index contributed by atoms with van der Waals surface area (Å²) in [7, 11) is 0. The average molecular weight is 712 g/mol. The summed E-state index contributed by atoms with van der Waals surface area (Å²) in [4.78, 5) is 12.3. The smallest absolute Gasteiger partial charge is 0.220 e. The van der Waals surface area contributed by atoms with Crippen LogP contribution in [0.15, 0.2) is 60.8 Å². The molecule has 0 heterocycles. The number of nitrogens with one attached hydrogen (secondary N) is 1. The highest BCUT2D eigenvalue weighted by Gasteiger charge is 2.17. The Morgan fingerprint density at radius 3 is 1.29 bits per heavy atom. The monoisotopic (exact) mass is 712 g/mol. The largest absolute Gasteiger partial charge is 0.394 e. The van der Waals surface area contributed by atoms with Crippen molar-refractivity contribution in [2.45, 2.75) is 225 Å². The minimum absolute atomic E-state index is 0.0937. The third-order valence-electron chi connectivity index (χ3n) is 9.70. The summed E-state index contributed by atoms with van der Waals surface area (Å²) in [5, 5.41) is 23.0. The Hall–Kier alpha value is -1.91. The molecule has 296 valence electrons. The van der Waals surface area contributed by atoms with E-state index in [1.165, 1.54) is 135 Å². The van der Waals surface area contributed by atoms with Crippen LogP contribution < -0.4 is 5.32 Å². The van der Waals surface area contributed by atoms with Crippen molar-refractivity contribution in [1.82, 2.24) is 5.32 Å². The van der Waals surface area contributed by atoms with Crippen molar-refractivity contribution in [3.8, 4) is 0 Å². The molecule has 0 aliphatic rings. The maximum atomic E-state index is 12.3. The summed E-state index contributed by atoms with van der Waals surface area (Å²) in [6.45, 7) is 4.26. The van der Waals surface area contributed by atoms with Crippen molar-refractivity contribution in [3.63, 3.8) is 0 Å². The van der Waals surface area contributed by atoms with Crippen molar-refractivity contribution in [2.24, 2.45) is 0 Å². The van der Waals surface area contributed by atoms with E-state index in [1.807, 2.05) is 6.08 Å². The molecule has 4 heteroatoms. The summed E-state index contributed by atoms with van der Waals surface area (Å²) < 4.78 is 0. The lowest BCUT2D eigenvalue weighted by atomic mass is 10.0. The Bertz CT molecular complexity index is 858. The molecule has 0 aliphatic heterocycles. The Labute approximate surface area is 317 Å². The van der Waals surface area contributed by atoms with Gasteiger partial charge in [-0.1, -0.05) is 190 Å². The first-order valence-electron chi connectivity index (χ1n) is 22.0. The van der Waals surface area contributed by atoms with Gasteiger partial charge in [-0.3, -0.25) is 4.79 Å². The molecule has 0 bridgehead atoms. The molecular formula is C47H85NO3. The third kappa shape index (κ3) is 39.1. The van der Waals surface area contributed by atoms with Crippen molar-refractivity contribution in [1.29, 1.82) is 0 Å². The quantitative estimate of drug-likeness (QED) is 0.0439. The molecular weight excluding hydrogens is 627 g/mol. The van der Waals surface area contributed by atoms with E-state index in [9.17, 15) is 15.0 Å². The second-order valence-corrected chi connectivity index (χ2v) is 14.7. The van der Waals surface area contributed by atoms with Gasteiger partial charge in [-0.25, -0.2) is 0 Å². The van der Waals surface area contributed by atoms with E-state index < -0.39 is 12.1 Å². The van der Waals surface area contributed by atoms with Crippen LogP contribution in [-0.2, 0) is 4.79 Å². The average Bonchev–Trinajstić information content (AvgIpc) is 3.13. The van der Waals surface area contributed by atoms with Crippen molar-refractivity contribution in [3.05, 3.63) is 60.8 Å². The van der Waals surface area contributed by atoms with E-state index in [4.69, 9.17) is 0 Å². The van der Waals surface area contributed by atoms with Gasteiger partial charge in [0, 0.05) is 6.42 Å². The number of hydrogen-bond acceptors (Lipinski definition) is 3. The summed E-state index contributed by atoms with van der Waals surface area (Å²) in [5.74, 6) is -0.0937. The first kappa shape index (κ1) is 49.1. The fourth-order valence-electron chi connectivity index (χ4n) is 6.30. The number of carbonyl (C=O) groups is 1. The fourth-order valence-corrected chi connectivity index (χ4v) is 6.30. The lowest BCUT2D eigenvalue weighted by Gasteiger charge is -2.19. The summed E-state index contributed by atoms with van der Waals surface area (Å²) in [6.07, 6.45) is 59.0. The van der Waals surface area contributed by atoms with Gasteiger partial charge >= 0.3 is 0 Å². The number of unbranched alkanes of at least 4 members (excludes halogenated alkanes) is 24. The van der Waals surface area contributed by atoms with Crippen molar-refractivity contribution in [2.75, 3.05) is 6.61 Å². The van der Waals surface area contributed by atoms with E-state index >= 15 is 0 Å². The van der Waals surface area contributed by atoms with Gasteiger partial charge in [0.15, 0.2) is 0 Å². The van der Waals surface area contributed by atoms with Crippen LogP contribution in [0.3, 0.4) is 0 Å². The van der Waals surface area contributed by atoms with Gasteiger partial charge < -0.3 is 15.5 Å². The molecule has 0 saturated heterocycles. The van der Waals surface area contributed by atoms with E-state index in [1.54, 1.807) is 6.08 Å². The molecule has 0 aromatic heterocycles. The van der Waals surface area contributed by atoms with Crippen LogP contribution in [0.1, 0.15) is 213 Å². The molecule has 2 atom stereocenters. The molecule has 0 aliphatic carbocycles. The molecule has 3 N–H and O–H groups in total. The Balaban J connectivity index is 3.67. The molecule has 0 radical (unpaired) electrons. The van der Waals surface area contributed by atoms with E-state index in [0.29, 0.717) is 6.42 Å². The van der Waals surface area contributed by atoms with Gasteiger partial charge in [-0.2, -0.15) is 0 Å². The second kappa shape index (κ2) is 42.5. The Morgan fingerprint density at radius 2 is 0.824 bits per heavy atom. The van der Waals surface area contributed by atoms with Gasteiger partial charge in [-0.05, 0) is 77.0 Å². The molecule has 0 rings (SSSR count). The predicted molar refractivity (Wildman–Crippen MR) is 225 cm³/mol. The Kier molecular flexibility index (Phi) is 40.9. The normalized spacial score (nSPS) is 13.6. The predicted octanol–water partition coefficient (Wildman–Crippen LogP) is 13.7. The molecule has 51 heavy (non-hydrogen) atoms. The summed E-state index contributed by atoms with van der Waals surface area (Å²) >= 11 is 0. The van der Waals surface area contributed by atoms with Crippen LogP contribution in [0, 0.1) is 0 Å². The van der Waals surface area contributed by atoms with Crippen LogP contribution in [-0.4, -0.2) is 34.9 Å². The molecule has 0 aromatic carbocycles. The number of hydrogen-bond donors (Lipinski definition) is 3. The van der Waals surface area contributed by atoms with Gasteiger partial charge in [0.05, 0.1) is 18.8 Å². The highest BCUT2D eigenvalue weighted by atomic mass is 16.3. The lowest BCUT2D eigenvalue weighted by molar-refractivity contribution is -0.123. The fraction of sp³-hybridized carbons (Fsp3) is 0.766. The van der Waals surface area contributed by atoms with Gasteiger partial charge in [0.25, 0.3) is 0 Å². The highest BCUT2D eigenvalue weighted by Crippen LogP contribution is 2.14. The maximum Gasteiger partial charge on any atom is 0.220 e. The number of allylic oxidation sites excluding steroid dienone is 9. The molecule has 4 nitrogen and oxygen atoms in total. The van der Waals surface area contributed by atoms with Crippen LogP contribution in [0.25, 0.3) is 0 Å². The van der Waals surface area contributed by atoms with Gasteiger partial charge in [0.1, 0.15) is 0 Å². The minimum atomic E-state index is -0.877. The number of rotatable bonds is 39. The van der Waals surface area contributed by atoms with Crippen LogP contribution in [0.5, 0.6) is 0 Å². The summed E-state index contributed by atoms with van der Waals surface area (Å²) in [5.41, 5.74) is 0. The molecule has 2 unspecified atom stereocenters. The third-order valence-corrected chi connectivity index (χ3v) is 9.70. The standard InChI is InChI=1S/C47H85NO3/c1-3-5-7-9-11-13-15-17-19-20-21-22-23-24-25-26-27-29-30-32-34-36-38-40-42-46(50)45(44-49)48-47(51)43-41-39-37-35-33-31-28-18-16-14-12-10-8-6-4-2/h12,14,18,26-28,32,34,40,42,45-46,49-50H,3-11,13,15-17,19-25,29-31,33,35-39,41,43-44H2,1-2H3,(H,48,51)/b14-12-,27-26+,28-18-,34-32+,42-40+. The van der Waals surface area contributed by atoms with Gasteiger partial charge in [-0.15, -0.1) is 0 Å². The second-order valence-electron chi connectivity index (χ2n) is 14.7. The van der Waals surface area contributed by atoms with Crippen molar-refractivity contribution < 1.29 is 15.0 Å². The first-order valence-corrected chi connectivity index (χ1v) is 22.0. The number of aliphatic hydroxyl groups is 2. The zero-order chi connectivity index (χ0) is 37.1. The number of amides is 1. The zero-order valence-electron chi connectivity index (χ0n) is 33.9. The molecule has 0 spiro atoms. The van der Waals surface area contributed by atoms with E-state index in [0.717, 1.165) is 57.8 Å². The van der Waals surface area contributed by atoms with Gasteiger partial charge in [0.2, 0.25) is 5.91 Å². The zero-order valence-corrected chi connectivity index (χ0v) is 33.9. The van der Waals surface area contributed by atoms with Crippen LogP contribution >= 0.6 is 0 Å². The SMILES string of the molecule is CCCCC/C=C\C/C=C\CCCCCCCC(=O)NC(CO)C(O)/C=C/CC/C=C/CC/C=C/CCCCCCCCCCCCCCCC. The molecule has 0 saturated carbocycles. The van der Waals surface area contributed by atoms with E-state index in [-0.39, 0.29) is 12.5 Å². The first-order chi connectivity index (χ1) is 25.2. The number of carbonyl (C=O) groups excluding carboxylic acids is 1. The number of aliphatic hydroxyl groups excluding tert-OH is 2. The maximum absolute atomic E-state index is 12.3. The Morgan fingerprint density at radius 1 is 0.471 bits per heavy atom. The highest BCUT2D eigenvalue weighted by molar-refractivity contribution is 5.76. The molecule has 0 aromatic rings. The minimum Gasteiger partial charge on any atom is -0.394 e. The molecule has 1 amide bonds. The van der Waals surface area contributed by atoms with Crippen LogP contribution in [0.2, 0.25) is 0 Å².